The lowest BCUT2D eigenvalue weighted by Crippen LogP contribution is -2.40. The minimum Gasteiger partial charge on any atom is -0.0883 e. The van der Waals surface area contributed by atoms with E-state index in [2.05, 4.69) is 101 Å². The van der Waals surface area contributed by atoms with Gasteiger partial charge in [-0.3, -0.25) is 0 Å². The van der Waals surface area contributed by atoms with Crippen LogP contribution in [0.15, 0.2) is 84.9 Å². The molecule has 0 fully saturated rings. The summed E-state index contributed by atoms with van der Waals surface area (Å²) in [7, 11) is 2.17. The maximum absolute atomic E-state index is 6.50. The van der Waals surface area contributed by atoms with Crippen molar-refractivity contribution >= 4 is 24.9 Å². The van der Waals surface area contributed by atoms with E-state index in [0.29, 0.717) is 0 Å². The van der Waals surface area contributed by atoms with Crippen LogP contribution in [-0.2, 0) is 10.8 Å². The summed E-state index contributed by atoms with van der Waals surface area (Å²) in [6.45, 7) is 4.70. The lowest BCUT2D eigenvalue weighted by molar-refractivity contribution is 0.563. The zero-order valence-corrected chi connectivity index (χ0v) is 18.2. The highest BCUT2D eigenvalue weighted by Crippen LogP contribution is 2.61. The Hall–Kier alpha value is -2.77. The Morgan fingerprint density at radius 3 is 1.70 bits per heavy atom. The van der Waals surface area contributed by atoms with Crippen LogP contribution >= 0.6 is 11.6 Å². The Morgan fingerprint density at radius 2 is 1.10 bits per heavy atom. The SMILES string of the molecule is Bc1ccc2c(c1)-c1cc(Cl)ccc1C21c2ccccc2C(C)(C)c2ccccc21. The maximum atomic E-state index is 6.50. The standard InChI is InChI=1S/C28H22BCl/c1-27(2)23-7-3-5-9-25(23)28(26-10-6-4-8-24(26)27)21-13-11-17(29)15-19(21)20-16-18(30)12-14-22(20)28/h3-16H,29H2,1-2H3. The second kappa shape index (κ2) is 5.90. The van der Waals surface area contributed by atoms with Crippen LogP contribution in [0, 0.1) is 0 Å². The average molecular weight is 405 g/mol. The molecule has 0 nitrogen and oxygen atoms in total. The molecule has 30 heavy (non-hydrogen) atoms. The van der Waals surface area contributed by atoms with E-state index >= 15 is 0 Å². The van der Waals surface area contributed by atoms with E-state index in [0.717, 1.165) is 5.02 Å². The van der Waals surface area contributed by atoms with Crippen molar-refractivity contribution in [3.05, 3.63) is 123 Å². The number of rotatable bonds is 0. The van der Waals surface area contributed by atoms with Crippen molar-refractivity contribution in [2.45, 2.75) is 24.7 Å². The minimum absolute atomic E-state index is 0.0571. The molecule has 0 radical (unpaired) electrons. The molecule has 144 valence electrons. The summed E-state index contributed by atoms with van der Waals surface area (Å²) in [5.74, 6) is 0. The third-order valence-corrected chi connectivity index (χ3v) is 7.50. The van der Waals surface area contributed by atoms with Crippen molar-refractivity contribution in [3.63, 3.8) is 0 Å². The summed E-state index contributed by atoms with van der Waals surface area (Å²) in [4.78, 5) is 0. The molecule has 2 aliphatic rings. The highest BCUT2D eigenvalue weighted by molar-refractivity contribution is 6.33. The van der Waals surface area contributed by atoms with Crippen molar-refractivity contribution < 1.29 is 0 Å². The number of fused-ring (bicyclic) bond motifs is 9. The van der Waals surface area contributed by atoms with Crippen LogP contribution in [0.5, 0.6) is 0 Å². The van der Waals surface area contributed by atoms with Crippen molar-refractivity contribution in [1.82, 2.24) is 0 Å². The van der Waals surface area contributed by atoms with Gasteiger partial charge in [0.05, 0.1) is 5.41 Å². The lowest BCUT2D eigenvalue weighted by atomic mass is 9.55. The van der Waals surface area contributed by atoms with Gasteiger partial charge in [0.2, 0.25) is 0 Å². The molecule has 1 spiro atoms. The molecule has 0 aliphatic heterocycles. The summed E-state index contributed by atoms with van der Waals surface area (Å²) in [6.07, 6.45) is 0. The molecule has 0 unspecified atom stereocenters. The molecule has 0 atom stereocenters. The molecule has 4 aromatic rings. The van der Waals surface area contributed by atoms with Gasteiger partial charge in [0.15, 0.2) is 0 Å². The topological polar surface area (TPSA) is 0 Å². The second-order valence-electron chi connectivity index (χ2n) is 9.21. The summed E-state index contributed by atoms with van der Waals surface area (Å²) in [5.41, 5.74) is 11.7. The summed E-state index contributed by atoms with van der Waals surface area (Å²) in [5, 5.41) is 0.788. The second-order valence-corrected chi connectivity index (χ2v) is 9.64. The largest absolute Gasteiger partial charge is 0.139 e. The molecule has 0 amide bonds. The summed E-state index contributed by atoms with van der Waals surface area (Å²) < 4.78 is 0. The Morgan fingerprint density at radius 1 is 0.600 bits per heavy atom. The molecule has 6 rings (SSSR count). The van der Waals surface area contributed by atoms with Gasteiger partial charge in [0.1, 0.15) is 7.85 Å². The fourth-order valence-electron chi connectivity index (χ4n) is 6.00. The van der Waals surface area contributed by atoms with Crippen LogP contribution in [0.3, 0.4) is 0 Å². The number of benzene rings is 4. The van der Waals surface area contributed by atoms with Crippen molar-refractivity contribution in [2.24, 2.45) is 0 Å². The molecule has 0 saturated heterocycles. The van der Waals surface area contributed by atoms with Gasteiger partial charge in [-0.2, -0.15) is 0 Å². The van der Waals surface area contributed by atoms with E-state index in [4.69, 9.17) is 11.6 Å². The average Bonchev–Trinajstić information content (AvgIpc) is 3.02. The molecule has 0 bridgehead atoms. The normalized spacial score (nSPS) is 16.5. The smallest absolute Gasteiger partial charge is 0.0883 e. The first-order valence-corrected chi connectivity index (χ1v) is 10.9. The van der Waals surface area contributed by atoms with E-state index in [1.165, 1.54) is 50.0 Å². The molecular weight excluding hydrogens is 383 g/mol. The van der Waals surface area contributed by atoms with Crippen LogP contribution in [0.2, 0.25) is 5.02 Å². The fraction of sp³-hybridized carbons (Fsp3) is 0.143. The quantitative estimate of drug-likeness (QED) is 0.295. The Balaban J connectivity index is 1.87. The predicted octanol–water partition coefficient (Wildman–Crippen LogP) is 5.60. The van der Waals surface area contributed by atoms with Crippen LogP contribution in [0.1, 0.15) is 47.2 Å². The lowest BCUT2D eigenvalue weighted by Gasteiger charge is -2.46. The van der Waals surface area contributed by atoms with Crippen molar-refractivity contribution in [3.8, 4) is 11.1 Å². The van der Waals surface area contributed by atoms with Crippen LogP contribution < -0.4 is 5.46 Å². The van der Waals surface area contributed by atoms with Gasteiger partial charge in [-0.25, -0.2) is 0 Å². The summed E-state index contributed by atoms with van der Waals surface area (Å²) in [6, 6.07) is 31.4. The van der Waals surface area contributed by atoms with E-state index in [9.17, 15) is 0 Å². The Bertz CT molecular complexity index is 1250. The third kappa shape index (κ3) is 2.04. The van der Waals surface area contributed by atoms with Crippen molar-refractivity contribution in [2.75, 3.05) is 0 Å². The van der Waals surface area contributed by atoms with Gasteiger partial charge >= 0.3 is 0 Å². The predicted molar refractivity (Wildman–Crippen MR) is 129 cm³/mol. The van der Waals surface area contributed by atoms with Crippen LogP contribution in [0.25, 0.3) is 11.1 Å². The molecule has 4 aromatic carbocycles. The third-order valence-electron chi connectivity index (χ3n) is 7.26. The van der Waals surface area contributed by atoms with Crippen molar-refractivity contribution in [1.29, 1.82) is 0 Å². The van der Waals surface area contributed by atoms with E-state index < -0.39 is 0 Å². The Kier molecular flexibility index (Phi) is 3.54. The van der Waals surface area contributed by atoms with Gasteiger partial charge < -0.3 is 0 Å². The monoisotopic (exact) mass is 404 g/mol. The minimum atomic E-state index is -0.314. The number of hydrogen-bond acceptors (Lipinski definition) is 0. The van der Waals surface area contributed by atoms with Gasteiger partial charge in [-0.15, -0.1) is 0 Å². The van der Waals surface area contributed by atoms with Gasteiger partial charge in [0, 0.05) is 10.4 Å². The Labute approximate surface area is 184 Å². The van der Waals surface area contributed by atoms with Gasteiger partial charge in [-0.1, -0.05) is 104 Å². The molecule has 0 heterocycles. The number of halogens is 1. The van der Waals surface area contributed by atoms with Crippen LogP contribution in [-0.4, -0.2) is 7.85 Å². The maximum Gasteiger partial charge on any atom is 0.139 e. The first-order chi connectivity index (χ1) is 14.5. The molecule has 2 aliphatic carbocycles. The molecule has 2 heteroatoms. The zero-order valence-electron chi connectivity index (χ0n) is 17.5. The fourth-order valence-corrected chi connectivity index (χ4v) is 6.17. The first kappa shape index (κ1) is 18.0. The highest BCUT2D eigenvalue weighted by atomic mass is 35.5. The van der Waals surface area contributed by atoms with E-state index in [-0.39, 0.29) is 10.8 Å². The summed E-state index contributed by atoms with van der Waals surface area (Å²) >= 11 is 6.50. The molecule has 0 N–H and O–H groups in total. The van der Waals surface area contributed by atoms with E-state index in [1.807, 2.05) is 6.07 Å². The van der Waals surface area contributed by atoms with Gasteiger partial charge in [-0.05, 0) is 56.6 Å². The molecule has 0 saturated carbocycles. The molecule has 0 aromatic heterocycles. The van der Waals surface area contributed by atoms with Crippen LogP contribution in [0.4, 0.5) is 0 Å². The number of hydrogen-bond donors (Lipinski definition) is 0. The zero-order chi connectivity index (χ0) is 20.7. The first-order valence-electron chi connectivity index (χ1n) is 10.6. The van der Waals surface area contributed by atoms with Gasteiger partial charge in [0.25, 0.3) is 0 Å². The highest BCUT2D eigenvalue weighted by Gasteiger charge is 2.53. The molecular formula is C28H22BCl. The van der Waals surface area contributed by atoms with E-state index in [1.54, 1.807) is 0 Å².